The molecule has 3 aromatic rings. The topological polar surface area (TPSA) is 29.5 Å². The highest BCUT2D eigenvalue weighted by atomic mass is 79.9. The van der Waals surface area contributed by atoms with Gasteiger partial charge in [0.15, 0.2) is 17.4 Å². The van der Waals surface area contributed by atoms with E-state index in [2.05, 4.69) is 25.6 Å². The van der Waals surface area contributed by atoms with Crippen LogP contribution in [0.2, 0.25) is 0 Å². The minimum atomic E-state index is -4.77. The number of ether oxygens (including phenoxy) is 1. The fourth-order valence-corrected chi connectivity index (χ4v) is 5.73. The average Bonchev–Trinajstić information content (AvgIpc) is 2.90. The zero-order chi connectivity index (χ0) is 28.9. The van der Waals surface area contributed by atoms with Crippen molar-refractivity contribution in [3.8, 4) is 5.75 Å². The minimum absolute atomic E-state index is 0.0129. The first-order valence-corrected chi connectivity index (χ1v) is 14.2. The fraction of sp³-hybridized carbons (Fsp3) is 0.387. The van der Waals surface area contributed by atoms with E-state index in [0.717, 1.165) is 41.1 Å². The third-order valence-corrected chi connectivity index (χ3v) is 7.95. The highest BCUT2D eigenvalue weighted by Gasteiger charge is 2.31. The molecule has 1 heterocycles. The average molecular weight is 624 g/mol. The van der Waals surface area contributed by atoms with E-state index in [9.17, 15) is 26.7 Å². The van der Waals surface area contributed by atoms with Crippen molar-refractivity contribution in [3.63, 3.8) is 0 Å². The van der Waals surface area contributed by atoms with Crippen molar-refractivity contribution < 1.29 is 31.5 Å². The van der Waals surface area contributed by atoms with Crippen LogP contribution in [-0.4, -0.2) is 30.1 Å². The van der Waals surface area contributed by atoms with Gasteiger partial charge in [0.25, 0.3) is 0 Å². The van der Waals surface area contributed by atoms with Crippen LogP contribution in [0.5, 0.6) is 5.75 Å². The van der Waals surface area contributed by atoms with Gasteiger partial charge in [0.2, 0.25) is 0 Å². The lowest BCUT2D eigenvalue weighted by molar-refractivity contribution is -0.274. The molecule has 4 rings (SSSR count). The Morgan fingerprint density at radius 1 is 0.950 bits per heavy atom. The van der Waals surface area contributed by atoms with Gasteiger partial charge < -0.3 is 4.74 Å². The zero-order valence-corrected chi connectivity index (χ0v) is 23.7. The van der Waals surface area contributed by atoms with E-state index >= 15 is 0 Å². The first-order chi connectivity index (χ1) is 19.0. The maximum Gasteiger partial charge on any atom is 0.573 e. The largest absolute Gasteiger partial charge is 0.573 e. The second-order valence-electron chi connectivity index (χ2n) is 10.2. The minimum Gasteiger partial charge on any atom is -0.406 e. The third-order valence-electron chi connectivity index (χ3n) is 7.46. The van der Waals surface area contributed by atoms with Gasteiger partial charge in [-0.1, -0.05) is 40.2 Å². The number of fused-ring (bicyclic) bond motifs is 1. The maximum atomic E-state index is 14.0. The van der Waals surface area contributed by atoms with E-state index in [1.165, 1.54) is 18.2 Å². The van der Waals surface area contributed by atoms with Crippen LogP contribution in [0.25, 0.3) is 0 Å². The standard InChI is InChI=1S/C31H31BrF5NO2/c1-20(22-9-14-28(33)29(34)19-22)38-15-3-2-5-23-18-25(32)10-13-27(23)30(39)24(6-4-16-38)17-21-7-11-26(12-8-21)40-31(35,36)37/h7-14,18-20,24H,2-6,15-17H2,1H3. The molecule has 0 fully saturated rings. The molecule has 0 N–H and O–H groups in total. The summed E-state index contributed by atoms with van der Waals surface area (Å²) in [5.74, 6) is -2.43. The first-order valence-electron chi connectivity index (χ1n) is 13.4. The van der Waals surface area contributed by atoms with E-state index in [1.807, 2.05) is 25.1 Å². The summed E-state index contributed by atoms with van der Waals surface area (Å²) < 4.78 is 70.1. The Morgan fingerprint density at radius 3 is 2.38 bits per heavy atom. The van der Waals surface area contributed by atoms with Gasteiger partial charge in [-0.05, 0) is 112 Å². The molecule has 0 aliphatic carbocycles. The van der Waals surface area contributed by atoms with Gasteiger partial charge in [-0.15, -0.1) is 13.2 Å². The number of halogens is 6. The van der Waals surface area contributed by atoms with E-state index in [-0.39, 0.29) is 23.5 Å². The van der Waals surface area contributed by atoms with Crippen LogP contribution >= 0.6 is 15.9 Å². The Balaban J connectivity index is 1.57. The van der Waals surface area contributed by atoms with Crippen molar-refractivity contribution in [2.75, 3.05) is 13.1 Å². The van der Waals surface area contributed by atoms with E-state index in [0.29, 0.717) is 43.4 Å². The number of nitrogens with zero attached hydrogens (tertiary/aromatic N) is 1. The summed E-state index contributed by atoms with van der Waals surface area (Å²) in [4.78, 5) is 16.1. The molecule has 2 unspecified atom stereocenters. The molecular formula is C31H31BrF5NO2. The van der Waals surface area contributed by atoms with Crippen molar-refractivity contribution in [2.45, 2.75) is 57.9 Å². The summed E-state index contributed by atoms with van der Waals surface area (Å²) >= 11 is 3.51. The molecule has 0 aromatic heterocycles. The van der Waals surface area contributed by atoms with Crippen LogP contribution < -0.4 is 4.74 Å². The Labute approximate surface area is 239 Å². The number of Topliss-reactive ketones (excluding diaryl/α,β-unsaturated/α-hetero) is 1. The molecule has 0 spiro atoms. The number of rotatable bonds is 5. The Morgan fingerprint density at radius 2 is 1.68 bits per heavy atom. The molecule has 1 aliphatic rings. The number of benzene rings is 3. The van der Waals surface area contributed by atoms with Crippen LogP contribution in [0.4, 0.5) is 22.0 Å². The Kier molecular flexibility index (Phi) is 10.0. The summed E-state index contributed by atoms with van der Waals surface area (Å²) in [6.45, 7) is 3.40. The number of hydrogen-bond acceptors (Lipinski definition) is 3. The zero-order valence-electron chi connectivity index (χ0n) is 22.1. The smallest absolute Gasteiger partial charge is 0.406 e. The highest BCUT2D eigenvalue weighted by molar-refractivity contribution is 9.10. The summed E-state index contributed by atoms with van der Waals surface area (Å²) in [6, 6.07) is 15.2. The molecular weight excluding hydrogens is 593 g/mol. The van der Waals surface area contributed by atoms with Crippen LogP contribution in [0.15, 0.2) is 65.1 Å². The number of carbonyl (C=O) groups excluding carboxylic acids is 1. The summed E-state index contributed by atoms with van der Waals surface area (Å²) in [7, 11) is 0. The van der Waals surface area contributed by atoms with Gasteiger partial charge in [0, 0.05) is 22.0 Å². The Bertz CT molecular complexity index is 1310. The van der Waals surface area contributed by atoms with Crippen molar-refractivity contribution in [3.05, 3.63) is 99.0 Å². The molecule has 9 heteroatoms. The molecule has 40 heavy (non-hydrogen) atoms. The van der Waals surface area contributed by atoms with Gasteiger partial charge in [-0.3, -0.25) is 9.69 Å². The van der Waals surface area contributed by atoms with Gasteiger partial charge in [-0.2, -0.15) is 0 Å². The van der Waals surface area contributed by atoms with Crippen molar-refractivity contribution in [1.29, 1.82) is 0 Å². The second kappa shape index (κ2) is 13.3. The molecule has 0 amide bonds. The molecule has 3 aromatic carbocycles. The summed E-state index contributed by atoms with van der Waals surface area (Å²) in [5, 5.41) is 0. The first kappa shape index (κ1) is 30.2. The lowest BCUT2D eigenvalue weighted by Crippen LogP contribution is -2.31. The molecule has 214 valence electrons. The maximum absolute atomic E-state index is 14.0. The van der Waals surface area contributed by atoms with Gasteiger partial charge in [0.1, 0.15) is 5.75 Å². The van der Waals surface area contributed by atoms with Crippen molar-refractivity contribution in [1.82, 2.24) is 4.90 Å². The quantitative estimate of drug-likeness (QED) is 0.266. The number of alkyl halides is 3. The van der Waals surface area contributed by atoms with Gasteiger partial charge in [-0.25, -0.2) is 8.78 Å². The van der Waals surface area contributed by atoms with Crippen LogP contribution in [0.1, 0.15) is 65.7 Å². The molecule has 1 aliphatic heterocycles. The van der Waals surface area contributed by atoms with Crippen LogP contribution in [0, 0.1) is 17.6 Å². The normalized spacial score (nSPS) is 18.4. The second-order valence-corrected chi connectivity index (χ2v) is 11.2. The van der Waals surface area contributed by atoms with E-state index in [1.54, 1.807) is 18.2 Å². The monoisotopic (exact) mass is 623 g/mol. The fourth-order valence-electron chi connectivity index (χ4n) is 5.32. The number of ketones is 1. The molecule has 3 nitrogen and oxygen atoms in total. The summed E-state index contributed by atoms with van der Waals surface area (Å²) in [5.41, 5.74) is 3.07. The molecule has 0 saturated heterocycles. The lowest BCUT2D eigenvalue weighted by Gasteiger charge is -2.31. The lowest BCUT2D eigenvalue weighted by atomic mass is 9.85. The number of carbonyl (C=O) groups is 1. The third kappa shape index (κ3) is 8.13. The summed E-state index contributed by atoms with van der Waals surface area (Å²) in [6.07, 6.45) is -0.705. The number of hydrogen-bond donors (Lipinski definition) is 0. The van der Waals surface area contributed by atoms with Gasteiger partial charge in [0.05, 0.1) is 0 Å². The predicted octanol–water partition coefficient (Wildman–Crippen LogP) is 8.85. The molecule has 0 radical (unpaired) electrons. The molecule has 0 saturated carbocycles. The molecule has 2 atom stereocenters. The predicted molar refractivity (Wildman–Crippen MR) is 147 cm³/mol. The van der Waals surface area contributed by atoms with Crippen LogP contribution in [-0.2, 0) is 12.8 Å². The highest BCUT2D eigenvalue weighted by Crippen LogP contribution is 2.30. The Hall–Kier alpha value is -2.78. The number of aryl methyl sites for hydroxylation is 1. The van der Waals surface area contributed by atoms with Crippen molar-refractivity contribution >= 4 is 21.7 Å². The SMILES string of the molecule is CC(c1ccc(F)c(F)c1)N1CCCCc2cc(Br)ccc2C(=O)C(Cc2ccc(OC(F)(F)F)cc2)CCC1. The van der Waals surface area contributed by atoms with E-state index in [4.69, 9.17) is 0 Å². The van der Waals surface area contributed by atoms with Crippen molar-refractivity contribution in [2.24, 2.45) is 5.92 Å². The van der Waals surface area contributed by atoms with Crippen LogP contribution in [0.3, 0.4) is 0 Å². The molecule has 0 bridgehead atoms. The van der Waals surface area contributed by atoms with Gasteiger partial charge >= 0.3 is 6.36 Å². The van der Waals surface area contributed by atoms with E-state index < -0.39 is 18.0 Å².